The molecule has 1 saturated heterocycles. The third kappa shape index (κ3) is 4.20. The number of hydrogen-bond donors (Lipinski definition) is 0. The zero-order valence-corrected chi connectivity index (χ0v) is 17.6. The average Bonchev–Trinajstić information content (AvgIpc) is 3.35. The van der Waals surface area contributed by atoms with Crippen molar-refractivity contribution in [1.29, 1.82) is 0 Å². The number of aryl methyl sites for hydroxylation is 1. The van der Waals surface area contributed by atoms with E-state index in [1.165, 1.54) is 4.68 Å². The normalized spacial score (nSPS) is 19.3. The van der Waals surface area contributed by atoms with E-state index >= 15 is 0 Å². The van der Waals surface area contributed by atoms with Gasteiger partial charge in [-0.25, -0.2) is 0 Å². The Hall–Kier alpha value is -2.07. The van der Waals surface area contributed by atoms with Gasteiger partial charge >= 0.3 is 6.18 Å². The number of aromatic nitrogens is 4. The average molecular weight is 445 g/mol. The highest BCUT2D eigenvalue weighted by molar-refractivity contribution is 6.32. The lowest BCUT2D eigenvalue weighted by molar-refractivity contribution is -0.142. The Kier molecular flexibility index (Phi) is 5.56. The summed E-state index contributed by atoms with van der Waals surface area (Å²) in [5.41, 5.74) is 0.331. The molecule has 2 aromatic rings. The molecule has 1 aliphatic carbocycles. The third-order valence-electron chi connectivity index (χ3n) is 5.69. The molecule has 0 spiro atoms. The molecule has 0 bridgehead atoms. The van der Waals surface area contributed by atoms with Gasteiger partial charge in [0.05, 0.1) is 16.9 Å². The molecule has 11 heteroatoms. The first kappa shape index (κ1) is 21.2. The molecule has 1 unspecified atom stereocenters. The molecule has 2 aromatic heterocycles. The molecule has 4 rings (SSSR count). The highest BCUT2D eigenvalue weighted by Gasteiger charge is 2.43. The Morgan fingerprint density at radius 3 is 2.47 bits per heavy atom. The number of piperazine rings is 1. The summed E-state index contributed by atoms with van der Waals surface area (Å²) < 4.78 is 42.9. The number of amides is 1. The zero-order chi connectivity index (χ0) is 21.6. The van der Waals surface area contributed by atoms with Crippen molar-refractivity contribution in [3.05, 3.63) is 34.4 Å². The number of carbonyl (C=O) groups excluding carboxylic acids is 1. The second-order valence-electron chi connectivity index (χ2n) is 8.06. The number of carbonyl (C=O) groups is 1. The van der Waals surface area contributed by atoms with Gasteiger partial charge in [0.25, 0.3) is 0 Å². The Morgan fingerprint density at radius 1 is 1.27 bits per heavy atom. The lowest BCUT2D eigenvalue weighted by Gasteiger charge is -2.36. The van der Waals surface area contributed by atoms with Gasteiger partial charge in [0.2, 0.25) is 5.91 Å². The molecular formula is C19H24ClF3N6O. The summed E-state index contributed by atoms with van der Waals surface area (Å²) in [6, 6.07) is -0.834. The molecule has 7 nitrogen and oxygen atoms in total. The molecule has 2 fully saturated rings. The Bertz CT molecular complexity index is 927. The van der Waals surface area contributed by atoms with Gasteiger partial charge in [-0.2, -0.15) is 23.4 Å². The highest BCUT2D eigenvalue weighted by atomic mass is 35.5. The first-order valence-corrected chi connectivity index (χ1v) is 10.4. The van der Waals surface area contributed by atoms with Gasteiger partial charge in [0.15, 0.2) is 5.69 Å². The molecule has 1 saturated carbocycles. The standard InChI is InChI=1S/C19H24ClF3N6O/c1-12(29-16(14-3-4-14)15(20)17(25-29)19(21,22)23)18(30)28-7-5-27(6-8-28)11-13-9-24-26(2)10-13/h9-10,12,14H,3-8,11H2,1-2H3. The number of alkyl halides is 3. The van der Waals surface area contributed by atoms with E-state index in [4.69, 9.17) is 11.6 Å². The van der Waals surface area contributed by atoms with Gasteiger partial charge in [0.1, 0.15) is 6.04 Å². The van der Waals surface area contributed by atoms with Crippen LogP contribution in [-0.2, 0) is 24.6 Å². The summed E-state index contributed by atoms with van der Waals surface area (Å²) in [7, 11) is 1.86. The molecule has 1 atom stereocenters. The minimum atomic E-state index is -4.65. The summed E-state index contributed by atoms with van der Waals surface area (Å²) in [5.74, 6) is -0.293. The molecule has 0 radical (unpaired) electrons. The van der Waals surface area contributed by atoms with Gasteiger partial charge in [0, 0.05) is 57.4 Å². The summed E-state index contributed by atoms with van der Waals surface area (Å²) in [6.07, 6.45) is 0.650. The summed E-state index contributed by atoms with van der Waals surface area (Å²) in [4.78, 5) is 17.0. The van der Waals surface area contributed by atoms with E-state index in [0.717, 1.165) is 24.9 Å². The van der Waals surface area contributed by atoms with Crippen molar-refractivity contribution in [2.24, 2.45) is 7.05 Å². The number of rotatable bonds is 5. The van der Waals surface area contributed by atoms with Crippen molar-refractivity contribution in [3.63, 3.8) is 0 Å². The molecule has 1 amide bonds. The first-order chi connectivity index (χ1) is 14.1. The van der Waals surface area contributed by atoms with Gasteiger partial charge in [-0.3, -0.25) is 19.1 Å². The first-order valence-electron chi connectivity index (χ1n) is 9.99. The monoisotopic (exact) mass is 444 g/mol. The van der Waals surface area contributed by atoms with Crippen LogP contribution in [0.4, 0.5) is 13.2 Å². The van der Waals surface area contributed by atoms with E-state index in [-0.39, 0.29) is 16.8 Å². The second-order valence-corrected chi connectivity index (χ2v) is 8.44. The fraction of sp³-hybridized carbons (Fsp3) is 0.632. The van der Waals surface area contributed by atoms with Crippen molar-refractivity contribution in [2.45, 2.75) is 44.4 Å². The van der Waals surface area contributed by atoms with Crippen molar-refractivity contribution in [2.75, 3.05) is 26.2 Å². The van der Waals surface area contributed by atoms with Crippen LogP contribution in [0.25, 0.3) is 0 Å². The van der Waals surface area contributed by atoms with Gasteiger partial charge in [-0.1, -0.05) is 11.6 Å². The quantitative estimate of drug-likeness (QED) is 0.711. The van der Waals surface area contributed by atoms with Crippen LogP contribution in [0.2, 0.25) is 5.02 Å². The Labute approximate surface area is 177 Å². The molecule has 3 heterocycles. The van der Waals surface area contributed by atoms with Crippen LogP contribution >= 0.6 is 11.6 Å². The molecule has 0 N–H and O–H groups in total. The Morgan fingerprint density at radius 2 is 1.93 bits per heavy atom. The van der Waals surface area contributed by atoms with Gasteiger partial charge in [-0.05, 0) is 19.8 Å². The smallest absolute Gasteiger partial charge is 0.338 e. The van der Waals surface area contributed by atoms with Crippen LogP contribution in [-0.4, -0.2) is 61.4 Å². The predicted octanol–water partition coefficient (Wildman–Crippen LogP) is 3.07. The van der Waals surface area contributed by atoms with Gasteiger partial charge < -0.3 is 4.90 Å². The van der Waals surface area contributed by atoms with E-state index in [2.05, 4.69) is 15.1 Å². The fourth-order valence-corrected chi connectivity index (χ4v) is 4.32. The maximum Gasteiger partial charge on any atom is 0.436 e. The van der Waals surface area contributed by atoms with E-state index in [0.29, 0.717) is 31.9 Å². The third-order valence-corrected chi connectivity index (χ3v) is 6.07. The summed E-state index contributed by atoms with van der Waals surface area (Å²) in [6.45, 7) is 4.76. The van der Waals surface area contributed by atoms with Gasteiger partial charge in [-0.15, -0.1) is 0 Å². The van der Waals surface area contributed by atoms with Crippen molar-refractivity contribution < 1.29 is 18.0 Å². The van der Waals surface area contributed by atoms with E-state index in [1.54, 1.807) is 16.5 Å². The van der Waals surface area contributed by atoms with Crippen LogP contribution in [0.5, 0.6) is 0 Å². The topological polar surface area (TPSA) is 59.2 Å². The van der Waals surface area contributed by atoms with Crippen LogP contribution in [0.3, 0.4) is 0 Å². The Balaban J connectivity index is 1.44. The highest BCUT2D eigenvalue weighted by Crippen LogP contribution is 2.47. The lowest BCUT2D eigenvalue weighted by Crippen LogP contribution is -2.50. The maximum absolute atomic E-state index is 13.3. The van der Waals surface area contributed by atoms with Crippen molar-refractivity contribution >= 4 is 17.5 Å². The molecular weight excluding hydrogens is 421 g/mol. The van der Waals surface area contributed by atoms with E-state index in [9.17, 15) is 18.0 Å². The molecule has 164 valence electrons. The second kappa shape index (κ2) is 7.88. The molecule has 2 aliphatic rings. The zero-order valence-electron chi connectivity index (χ0n) is 16.9. The molecule has 1 aliphatic heterocycles. The van der Waals surface area contributed by atoms with Crippen LogP contribution < -0.4 is 0 Å². The fourth-order valence-electron chi connectivity index (χ4n) is 3.93. The largest absolute Gasteiger partial charge is 0.436 e. The molecule has 0 aromatic carbocycles. The van der Waals surface area contributed by atoms with Crippen molar-refractivity contribution in [1.82, 2.24) is 29.4 Å². The summed E-state index contributed by atoms with van der Waals surface area (Å²) >= 11 is 6.04. The van der Waals surface area contributed by atoms with Crippen molar-refractivity contribution in [3.8, 4) is 0 Å². The number of hydrogen-bond acceptors (Lipinski definition) is 4. The minimum Gasteiger partial charge on any atom is -0.338 e. The summed E-state index contributed by atoms with van der Waals surface area (Å²) in [5, 5.41) is 7.51. The predicted molar refractivity (Wildman–Crippen MR) is 104 cm³/mol. The number of halogens is 4. The lowest BCUT2D eigenvalue weighted by atomic mass is 10.2. The maximum atomic E-state index is 13.3. The molecule has 30 heavy (non-hydrogen) atoms. The van der Waals surface area contributed by atoms with E-state index in [1.807, 2.05) is 19.4 Å². The van der Waals surface area contributed by atoms with Crippen LogP contribution in [0.1, 0.15) is 48.7 Å². The van der Waals surface area contributed by atoms with Crippen LogP contribution in [0, 0.1) is 0 Å². The SMILES string of the molecule is CC(C(=O)N1CCN(Cc2cnn(C)c2)CC1)n1nc(C(F)(F)F)c(Cl)c1C1CC1. The minimum absolute atomic E-state index is 0.0623. The van der Waals surface area contributed by atoms with Crippen LogP contribution in [0.15, 0.2) is 12.4 Å². The van der Waals surface area contributed by atoms with E-state index < -0.39 is 17.9 Å². The number of nitrogens with zero attached hydrogens (tertiary/aromatic N) is 6.